The summed E-state index contributed by atoms with van der Waals surface area (Å²) in [5, 5.41) is 6.14. The van der Waals surface area contributed by atoms with Gasteiger partial charge in [-0.25, -0.2) is 14.8 Å². The molecule has 154 valence electrons. The number of benzene rings is 1. The third-order valence-electron chi connectivity index (χ3n) is 4.84. The molecule has 29 heavy (non-hydrogen) atoms. The van der Waals surface area contributed by atoms with Crippen LogP contribution in [0, 0.1) is 6.92 Å². The number of nitrogens with one attached hydrogen (secondary N) is 2. The Morgan fingerprint density at radius 1 is 1.14 bits per heavy atom. The number of hydrogen-bond donors (Lipinski definition) is 2. The molecule has 1 aliphatic heterocycles. The van der Waals surface area contributed by atoms with Crippen molar-refractivity contribution in [1.82, 2.24) is 20.2 Å². The fourth-order valence-corrected chi connectivity index (χ4v) is 3.11. The molecular weight excluding hydrogens is 370 g/mol. The van der Waals surface area contributed by atoms with Crippen LogP contribution in [0.2, 0.25) is 0 Å². The molecule has 0 bridgehead atoms. The van der Waals surface area contributed by atoms with Crippen molar-refractivity contribution in [3.63, 3.8) is 0 Å². The van der Waals surface area contributed by atoms with E-state index in [1.54, 1.807) is 11.8 Å². The SMILES string of the molecule is CCOC(=O)N1CCC(NC(=O)c2cnc(NCc3ccc(C)cc3)nc2)CC1. The number of carbonyl (C=O) groups is 2. The highest BCUT2D eigenvalue weighted by atomic mass is 16.6. The monoisotopic (exact) mass is 397 g/mol. The average molecular weight is 397 g/mol. The van der Waals surface area contributed by atoms with E-state index in [9.17, 15) is 9.59 Å². The number of hydrogen-bond acceptors (Lipinski definition) is 6. The first-order valence-corrected chi connectivity index (χ1v) is 9.89. The van der Waals surface area contributed by atoms with Crippen molar-refractivity contribution in [2.45, 2.75) is 39.3 Å². The smallest absolute Gasteiger partial charge is 0.409 e. The molecule has 2 N–H and O–H groups in total. The minimum absolute atomic E-state index is 0.0208. The Morgan fingerprint density at radius 3 is 2.41 bits per heavy atom. The molecule has 0 radical (unpaired) electrons. The highest BCUT2D eigenvalue weighted by Gasteiger charge is 2.24. The van der Waals surface area contributed by atoms with Crippen LogP contribution < -0.4 is 10.6 Å². The van der Waals surface area contributed by atoms with Crippen LogP contribution in [0.4, 0.5) is 10.7 Å². The number of piperidine rings is 1. The number of nitrogens with zero attached hydrogens (tertiary/aromatic N) is 3. The molecule has 2 aromatic rings. The van der Waals surface area contributed by atoms with E-state index in [2.05, 4.69) is 44.9 Å². The lowest BCUT2D eigenvalue weighted by Crippen LogP contribution is -2.46. The van der Waals surface area contributed by atoms with Crippen molar-refractivity contribution < 1.29 is 14.3 Å². The molecule has 1 fully saturated rings. The van der Waals surface area contributed by atoms with E-state index >= 15 is 0 Å². The average Bonchev–Trinajstić information content (AvgIpc) is 2.74. The van der Waals surface area contributed by atoms with E-state index in [4.69, 9.17) is 4.74 Å². The predicted octanol–water partition coefficient (Wildman–Crippen LogP) is 2.75. The summed E-state index contributed by atoms with van der Waals surface area (Å²) in [6.45, 7) is 5.96. The molecule has 0 spiro atoms. The molecule has 1 aromatic carbocycles. The van der Waals surface area contributed by atoms with Gasteiger partial charge in [0.05, 0.1) is 12.2 Å². The second-order valence-electron chi connectivity index (χ2n) is 7.07. The highest BCUT2D eigenvalue weighted by Crippen LogP contribution is 2.13. The fourth-order valence-electron chi connectivity index (χ4n) is 3.11. The summed E-state index contributed by atoms with van der Waals surface area (Å²) in [7, 11) is 0. The minimum Gasteiger partial charge on any atom is -0.450 e. The van der Waals surface area contributed by atoms with E-state index < -0.39 is 0 Å². The lowest BCUT2D eigenvalue weighted by Gasteiger charge is -2.31. The second kappa shape index (κ2) is 9.86. The summed E-state index contributed by atoms with van der Waals surface area (Å²) in [4.78, 5) is 34.3. The summed E-state index contributed by atoms with van der Waals surface area (Å²) in [5.41, 5.74) is 2.76. The normalized spacial score (nSPS) is 14.3. The largest absolute Gasteiger partial charge is 0.450 e. The summed E-state index contributed by atoms with van der Waals surface area (Å²) in [6, 6.07) is 8.24. The van der Waals surface area contributed by atoms with E-state index in [-0.39, 0.29) is 18.0 Å². The van der Waals surface area contributed by atoms with Crippen LogP contribution in [-0.2, 0) is 11.3 Å². The molecule has 1 saturated heterocycles. The molecule has 2 amide bonds. The second-order valence-corrected chi connectivity index (χ2v) is 7.07. The molecule has 0 unspecified atom stereocenters. The standard InChI is InChI=1S/C21H27N5O3/c1-3-29-21(28)26-10-8-18(9-11-26)25-19(27)17-13-23-20(24-14-17)22-12-16-6-4-15(2)5-7-16/h4-7,13-14,18H,3,8-12H2,1-2H3,(H,25,27)(H,22,23,24). The number of anilines is 1. The molecule has 2 heterocycles. The van der Waals surface area contributed by atoms with Gasteiger partial charge in [0.15, 0.2) is 0 Å². The molecule has 0 atom stereocenters. The van der Waals surface area contributed by atoms with Crippen LogP contribution >= 0.6 is 0 Å². The Morgan fingerprint density at radius 2 is 1.79 bits per heavy atom. The lowest BCUT2D eigenvalue weighted by atomic mass is 10.1. The molecule has 8 heteroatoms. The van der Waals surface area contributed by atoms with E-state index in [1.807, 2.05) is 6.92 Å². The van der Waals surface area contributed by atoms with Crippen molar-refractivity contribution in [2.24, 2.45) is 0 Å². The number of carbonyl (C=O) groups excluding carboxylic acids is 2. The maximum atomic E-state index is 12.4. The van der Waals surface area contributed by atoms with Gasteiger partial charge in [0.25, 0.3) is 5.91 Å². The zero-order chi connectivity index (χ0) is 20.6. The van der Waals surface area contributed by atoms with Gasteiger partial charge >= 0.3 is 6.09 Å². The van der Waals surface area contributed by atoms with Gasteiger partial charge in [-0.2, -0.15) is 0 Å². The van der Waals surface area contributed by atoms with Crippen molar-refractivity contribution in [1.29, 1.82) is 0 Å². The van der Waals surface area contributed by atoms with Crippen LogP contribution in [0.25, 0.3) is 0 Å². The van der Waals surface area contributed by atoms with Crippen LogP contribution in [-0.4, -0.2) is 52.6 Å². The Balaban J connectivity index is 1.45. The van der Waals surface area contributed by atoms with Crippen LogP contribution in [0.5, 0.6) is 0 Å². The van der Waals surface area contributed by atoms with Gasteiger partial charge in [-0.05, 0) is 32.3 Å². The van der Waals surface area contributed by atoms with Gasteiger partial charge in [-0.3, -0.25) is 4.79 Å². The summed E-state index contributed by atoms with van der Waals surface area (Å²) in [5.74, 6) is 0.273. The fraction of sp³-hybridized carbons (Fsp3) is 0.429. The van der Waals surface area contributed by atoms with Crippen molar-refractivity contribution in [3.05, 3.63) is 53.3 Å². The molecule has 0 saturated carbocycles. The van der Waals surface area contributed by atoms with E-state index in [0.717, 1.165) is 5.56 Å². The Labute approximate surface area is 170 Å². The van der Waals surface area contributed by atoms with Crippen molar-refractivity contribution in [3.8, 4) is 0 Å². The number of aryl methyl sites for hydroxylation is 1. The zero-order valence-corrected chi connectivity index (χ0v) is 16.9. The maximum Gasteiger partial charge on any atom is 0.409 e. The number of amides is 2. The summed E-state index contributed by atoms with van der Waals surface area (Å²) >= 11 is 0. The first-order valence-electron chi connectivity index (χ1n) is 9.89. The van der Waals surface area contributed by atoms with Gasteiger partial charge in [0.2, 0.25) is 5.95 Å². The lowest BCUT2D eigenvalue weighted by molar-refractivity contribution is 0.0859. The molecule has 8 nitrogen and oxygen atoms in total. The van der Waals surface area contributed by atoms with Crippen LogP contribution in [0.15, 0.2) is 36.7 Å². The Hall–Kier alpha value is -3.16. The maximum absolute atomic E-state index is 12.4. The number of aromatic nitrogens is 2. The molecule has 1 aliphatic rings. The highest BCUT2D eigenvalue weighted by molar-refractivity contribution is 5.93. The van der Waals surface area contributed by atoms with E-state index in [0.29, 0.717) is 50.6 Å². The van der Waals surface area contributed by atoms with Gasteiger partial charge in [-0.1, -0.05) is 29.8 Å². The topological polar surface area (TPSA) is 96.5 Å². The van der Waals surface area contributed by atoms with Gasteiger partial charge in [0.1, 0.15) is 0 Å². The van der Waals surface area contributed by atoms with Crippen LogP contribution in [0.1, 0.15) is 41.3 Å². The molecule has 0 aliphatic carbocycles. The first kappa shape index (κ1) is 20.6. The summed E-state index contributed by atoms with van der Waals surface area (Å²) < 4.78 is 5.01. The van der Waals surface area contributed by atoms with Crippen LogP contribution in [0.3, 0.4) is 0 Å². The van der Waals surface area contributed by atoms with Gasteiger partial charge in [0, 0.05) is 38.1 Å². The minimum atomic E-state index is -0.292. The van der Waals surface area contributed by atoms with Crippen molar-refractivity contribution in [2.75, 3.05) is 25.0 Å². The zero-order valence-electron chi connectivity index (χ0n) is 16.9. The Kier molecular flexibility index (Phi) is 6.99. The van der Waals surface area contributed by atoms with Gasteiger partial charge < -0.3 is 20.3 Å². The molecule has 3 rings (SSSR count). The number of ether oxygens (including phenoxy) is 1. The van der Waals surface area contributed by atoms with Gasteiger partial charge in [-0.15, -0.1) is 0 Å². The quantitative estimate of drug-likeness (QED) is 0.778. The van der Waals surface area contributed by atoms with Crippen molar-refractivity contribution >= 4 is 17.9 Å². The third kappa shape index (κ3) is 5.91. The first-order chi connectivity index (χ1) is 14.0. The Bertz CT molecular complexity index is 815. The number of rotatable bonds is 6. The third-order valence-corrected chi connectivity index (χ3v) is 4.84. The molecule has 1 aromatic heterocycles. The molecular formula is C21H27N5O3. The predicted molar refractivity (Wildman–Crippen MR) is 110 cm³/mol. The number of likely N-dealkylation sites (tertiary alicyclic amines) is 1. The summed E-state index contributed by atoms with van der Waals surface area (Å²) in [6.07, 6.45) is 4.14. The van der Waals surface area contributed by atoms with E-state index in [1.165, 1.54) is 18.0 Å².